The van der Waals surface area contributed by atoms with Gasteiger partial charge in [0.2, 0.25) is 0 Å². The second kappa shape index (κ2) is 9.29. The highest BCUT2D eigenvalue weighted by Crippen LogP contribution is 2.38. The topological polar surface area (TPSA) is 137 Å². The molecule has 0 radical (unpaired) electrons. The second-order valence-corrected chi connectivity index (χ2v) is 11.3. The molecule has 0 spiro atoms. The number of nitrogens with one attached hydrogen (secondary N) is 1. The molecular formula is C25H19Cl2N5O4S. The Morgan fingerprint density at radius 3 is 2.46 bits per heavy atom. The van der Waals surface area contributed by atoms with Gasteiger partial charge in [0, 0.05) is 29.3 Å². The zero-order chi connectivity index (χ0) is 26.5. The van der Waals surface area contributed by atoms with Crippen LogP contribution in [0.2, 0.25) is 10.2 Å². The molecule has 0 saturated carbocycles. The fourth-order valence-corrected chi connectivity index (χ4v) is 5.30. The number of hydrogen-bond acceptors (Lipinski definition) is 6. The van der Waals surface area contributed by atoms with E-state index in [1.165, 1.54) is 24.4 Å². The summed E-state index contributed by atoms with van der Waals surface area (Å²) in [6.07, 6.45) is 3.61. The average molecular weight is 556 g/mol. The van der Waals surface area contributed by atoms with Crippen LogP contribution in [0.25, 0.3) is 16.9 Å². The molecule has 5 rings (SSSR count). The van der Waals surface area contributed by atoms with Gasteiger partial charge in [0.15, 0.2) is 15.5 Å². The Morgan fingerprint density at radius 2 is 1.78 bits per heavy atom. The number of anilines is 1. The van der Waals surface area contributed by atoms with Gasteiger partial charge in [-0.15, -0.1) is 0 Å². The van der Waals surface area contributed by atoms with Gasteiger partial charge in [-0.1, -0.05) is 29.3 Å². The minimum absolute atomic E-state index is 0.134. The first-order valence-corrected chi connectivity index (χ1v) is 13.7. The van der Waals surface area contributed by atoms with E-state index in [0.29, 0.717) is 35.5 Å². The molecule has 12 heteroatoms. The Kier molecular flexibility index (Phi) is 6.26. The van der Waals surface area contributed by atoms with Crippen molar-refractivity contribution in [3.05, 3.63) is 87.3 Å². The van der Waals surface area contributed by atoms with Crippen molar-refractivity contribution < 1.29 is 18.0 Å². The number of halogens is 2. The van der Waals surface area contributed by atoms with Gasteiger partial charge in [-0.3, -0.25) is 9.59 Å². The number of rotatable bonds is 5. The van der Waals surface area contributed by atoms with Crippen LogP contribution in [0.15, 0.2) is 59.6 Å². The summed E-state index contributed by atoms with van der Waals surface area (Å²) in [7, 11) is -3.39. The predicted octanol–water partition coefficient (Wildman–Crippen LogP) is 4.09. The second-order valence-electron chi connectivity index (χ2n) is 8.53. The molecule has 1 aliphatic carbocycles. The summed E-state index contributed by atoms with van der Waals surface area (Å²) in [6.45, 7) is 0. The maximum absolute atomic E-state index is 12.9. The van der Waals surface area contributed by atoms with Crippen LogP contribution < -0.4 is 11.1 Å². The zero-order valence-electron chi connectivity index (χ0n) is 19.3. The molecule has 37 heavy (non-hydrogen) atoms. The van der Waals surface area contributed by atoms with Crippen LogP contribution in [-0.4, -0.2) is 41.3 Å². The molecular weight excluding hydrogens is 537 g/mol. The smallest absolute Gasteiger partial charge is 0.269 e. The average Bonchev–Trinajstić information content (AvgIpc) is 3.25. The Labute approximate surface area is 222 Å². The Hall–Kier alpha value is -3.73. The van der Waals surface area contributed by atoms with Crippen molar-refractivity contribution in [1.82, 2.24) is 14.8 Å². The molecule has 4 aromatic rings. The van der Waals surface area contributed by atoms with Gasteiger partial charge in [-0.25, -0.2) is 18.1 Å². The number of fused-ring (bicyclic) bond motifs is 3. The van der Waals surface area contributed by atoms with Gasteiger partial charge in [0.1, 0.15) is 5.15 Å². The lowest BCUT2D eigenvalue weighted by Gasteiger charge is -2.20. The van der Waals surface area contributed by atoms with Crippen molar-refractivity contribution in [1.29, 1.82) is 0 Å². The predicted molar refractivity (Wildman–Crippen MR) is 140 cm³/mol. The fourth-order valence-electron chi connectivity index (χ4n) is 4.32. The number of sulfone groups is 1. The number of benzene rings is 2. The first-order valence-electron chi connectivity index (χ1n) is 11.0. The molecule has 0 saturated heterocycles. The number of pyridine rings is 1. The van der Waals surface area contributed by atoms with E-state index in [1.807, 2.05) is 6.07 Å². The number of carbonyl (C=O) groups excluding carboxylic acids is 2. The van der Waals surface area contributed by atoms with Crippen molar-refractivity contribution in [3.63, 3.8) is 0 Å². The monoisotopic (exact) mass is 555 g/mol. The van der Waals surface area contributed by atoms with Crippen LogP contribution in [0.3, 0.4) is 0 Å². The number of nitrogens with zero attached hydrogens (tertiary/aromatic N) is 3. The molecule has 2 aromatic heterocycles. The van der Waals surface area contributed by atoms with Gasteiger partial charge in [0.25, 0.3) is 11.8 Å². The minimum Gasteiger partial charge on any atom is -0.364 e. The number of carbonyl (C=O) groups is 2. The van der Waals surface area contributed by atoms with E-state index in [2.05, 4.69) is 15.4 Å². The van der Waals surface area contributed by atoms with Gasteiger partial charge in [0.05, 0.1) is 26.9 Å². The lowest BCUT2D eigenvalue weighted by molar-refractivity contribution is 0.0992. The molecule has 9 nitrogen and oxygen atoms in total. The van der Waals surface area contributed by atoms with E-state index in [4.69, 9.17) is 28.9 Å². The zero-order valence-corrected chi connectivity index (χ0v) is 21.7. The van der Waals surface area contributed by atoms with E-state index < -0.39 is 21.7 Å². The molecule has 0 atom stereocenters. The van der Waals surface area contributed by atoms with E-state index >= 15 is 0 Å². The number of aryl methyl sites for hydroxylation is 1. The fraction of sp³-hybridized carbons (Fsp3) is 0.120. The van der Waals surface area contributed by atoms with Crippen molar-refractivity contribution in [2.45, 2.75) is 17.7 Å². The molecule has 0 unspecified atom stereocenters. The van der Waals surface area contributed by atoms with Crippen LogP contribution in [0.4, 0.5) is 5.69 Å². The molecule has 188 valence electrons. The van der Waals surface area contributed by atoms with E-state index in [9.17, 15) is 18.0 Å². The first kappa shape index (κ1) is 24.9. The third-order valence-corrected chi connectivity index (χ3v) is 7.70. The Balaban J connectivity index is 1.60. The number of aromatic nitrogens is 3. The minimum atomic E-state index is -3.39. The molecule has 0 aliphatic heterocycles. The lowest BCUT2D eigenvalue weighted by atomic mass is 9.88. The van der Waals surface area contributed by atoms with Crippen molar-refractivity contribution in [3.8, 4) is 16.9 Å². The number of nitrogens with two attached hydrogens (primary N) is 1. The molecule has 0 bridgehead atoms. The van der Waals surface area contributed by atoms with Crippen LogP contribution in [0, 0.1) is 0 Å². The van der Waals surface area contributed by atoms with Crippen molar-refractivity contribution in [2.75, 3.05) is 11.6 Å². The highest BCUT2D eigenvalue weighted by Gasteiger charge is 2.28. The summed E-state index contributed by atoms with van der Waals surface area (Å²) < 4.78 is 25.4. The van der Waals surface area contributed by atoms with Gasteiger partial charge in [-0.05, 0) is 60.9 Å². The SMILES string of the molecule is CS(=O)(=O)c1ccc(-n2nc(C(N)=O)c3c2-c2cc(NC(=O)c4cc(Cl)ncc4Cl)ccc2CC3)cc1. The van der Waals surface area contributed by atoms with Crippen LogP contribution in [0.1, 0.15) is 32.0 Å². The normalized spacial score (nSPS) is 12.5. The van der Waals surface area contributed by atoms with Crippen LogP contribution >= 0.6 is 23.2 Å². The number of primary amides is 1. The van der Waals surface area contributed by atoms with Crippen molar-refractivity contribution >= 4 is 50.5 Å². The number of hydrogen-bond donors (Lipinski definition) is 2. The van der Waals surface area contributed by atoms with E-state index in [1.54, 1.807) is 28.9 Å². The van der Waals surface area contributed by atoms with Crippen molar-refractivity contribution in [2.24, 2.45) is 5.73 Å². The summed E-state index contributed by atoms with van der Waals surface area (Å²) in [6, 6.07) is 13.0. The summed E-state index contributed by atoms with van der Waals surface area (Å²) >= 11 is 12.0. The third kappa shape index (κ3) is 4.71. The highest BCUT2D eigenvalue weighted by atomic mass is 35.5. The maximum Gasteiger partial charge on any atom is 0.269 e. The quantitative estimate of drug-likeness (QED) is 0.355. The Morgan fingerprint density at radius 1 is 1.05 bits per heavy atom. The molecule has 1 aliphatic rings. The van der Waals surface area contributed by atoms with E-state index in [-0.39, 0.29) is 26.3 Å². The first-order chi connectivity index (χ1) is 17.5. The maximum atomic E-state index is 12.9. The molecule has 3 N–H and O–H groups in total. The summed E-state index contributed by atoms with van der Waals surface area (Å²) in [5.74, 6) is -1.13. The van der Waals surface area contributed by atoms with E-state index in [0.717, 1.165) is 17.4 Å². The largest absolute Gasteiger partial charge is 0.364 e. The molecule has 2 heterocycles. The summed E-state index contributed by atoms with van der Waals surface area (Å²) in [5, 5.41) is 7.59. The van der Waals surface area contributed by atoms with Crippen LogP contribution in [0.5, 0.6) is 0 Å². The van der Waals surface area contributed by atoms with Gasteiger partial charge < -0.3 is 11.1 Å². The summed E-state index contributed by atoms with van der Waals surface area (Å²) in [4.78, 5) is 29.1. The molecule has 2 amide bonds. The van der Waals surface area contributed by atoms with Gasteiger partial charge >= 0.3 is 0 Å². The standard InChI is InChI=1S/C25H19Cl2N5O4S/c1-37(35,36)16-7-5-15(6-8-16)32-23-17(22(31-32)24(28)33)9-3-13-2-4-14(10-18(13)23)30-25(34)19-11-21(27)29-12-20(19)26/h2,4-8,10-12H,3,9H2,1H3,(H2,28,33)(H,30,34). The number of amides is 2. The highest BCUT2D eigenvalue weighted by molar-refractivity contribution is 7.90. The third-order valence-electron chi connectivity index (χ3n) is 6.06. The molecule has 0 fully saturated rings. The molecule has 2 aromatic carbocycles. The Bertz CT molecular complexity index is 1700. The van der Waals surface area contributed by atoms with Gasteiger partial charge in [-0.2, -0.15) is 5.10 Å². The summed E-state index contributed by atoms with van der Waals surface area (Å²) in [5.41, 5.74) is 10.1. The lowest BCUT2D eigenvalue weighted by Crippen LogP contribution is -2.16. The van der Waals surface area contributed by atoms with Crippen LogP contribution in [-0.2, 0) is 22.7 Å².